The van der Waals surface area contributed by atoms with Crippen molar-refractivity contribution in [1.29, 1.82) is 0 Å². The first-order chi connectivity index (χ1) is 13.6. The predicted molar refractivity (Wildman–Crippen MR) is 106 cm³/mol. The summed E-state index contributed by atoms with van der Waals surface area (Å²) in [4.78, 5) is 18.9. The standard InChI is InChI=1S/C19H21BrN6O2/c1-2-4-17-21-18(28-23-17)16-12-26(24-22-16)15-7-9-25(10-8-15)19(27)13-5-3-6-14(20)11-13/h3,5-6,11-12,15H,2,4,7-10H2,1H3. The Morgan fingerprint density at radius 2 is 2.14 bits per heavy atom. The van der Waals surface area contributed by atoms with Gasteiger partial charge in [-0.1, -0.05) is 39.3 Å². The van der Waals surface area contributed by atoms with Gasteiger partial charge in [0.05, 0.1) is 12.2 Å². The van der Waals surface area contributed by atoms with E-state index in [4.69, 9.17) is 4.52 Å². The Labute approximate surface area is 171 Å². The van der Waals surface area contributed by atoms with E-state index >= 15 is 0 Å². The molecule has 8 nitrogen and oxygen atoms in total. The van der Waals surface area contributed by atoms with Gasteiger partial charge in [-0.2, -0.15) is 4.98 Å². The lowest BCUT2D eigenvalue weighted by Gasteiger charge is -2.31. The summed E-state index contributed by atoms with van der Waals surface area (Å²) in [6.45, 7) is 3.44. The number of rotatable bonds is 5. The summed E-state index contributed by atoms with van der Waals surface area (Å²) in [6.07, 6.45) is 5.24. The van der Waals surface area contributed by atoms with Crippen LogP contribution in [0, 0.1) is 0 Å². The molecule has 0 spiro atoms. The molecule has 0 unspecified atom stereocenters. The van der Waals surface area contributed by atoms with Crippen molar-refractivity contribution < 1.29 is 9.32 Å². The zero-order valence-electron chi connectivity index (χ0n) is 15.6. The second-order valence-corrected chi connectivity index (χ2v) is 7.80. The number of piperidine rings is 1. The van der Waals surface area contributed by atoms with E-state index in [1.165, 1.54) is 0 Å². The third kappa shape index (κ3) is 3.99. The maximum absolute atomic E-state index is 12.7. The van der Waals surface area contributed by atoms with E-state index < -0.39 is 0 Å². The summed E-state index contributed by atoms with van der Waals surface area (Å²) in [5, 5.41) is 12.4. The quantitative estimate of drug-likeness (QED) is 0.597. The number of halogens is 1. The number of carbonyl (C=O) groups excluding carboxylic acids is 1. The van der Waals surface area contributed by atoms with E-state index in [-0.39, 0.29) is 11.9 Å². The van der Waals surface area contributed by atoms with Crippen molar-refractivity contribution in [3.63, 3.8) is 0 Å². The molecule has 9 heteroatoms. The van der Waals surface area contributed by atoms with Crippen molar-refractivity contribution >= 4 is 21.8 Å². The van der Waals surface area contributed by atoms with E-state index in [0.717, 1.165) is 30.2 Å². The lowest BCUT2D eigenvalue weighted by atomic mass is 10.0. The number of hydrogen-bond acceptors (Lipinski definition) is 6. The Kier molecular flexibility index (Phi) is 5.52. The van der Waals surface area contributed by atoms with Crippen molar-refractivity contribution in [2.75, 3.05) is 13.1 Å². The maximum atomic E-state index is 12.7. The first kappa shape index (κ1) is 18.8. The monoisotopic (exact) mass is 444 g/mol. The molecule has 4 rings (SSSR count). The highest BCUT2D eigenvalue weighted by Gasteiger charge is 2.26. The summed E-state index contributed by atoms with van der Waals surface area (Å²) >= 11 is 3.42. The van der Waals surface area contributed by atoms with Crippen LogP contribution >= 0.6 is 15.9 Å². The summed E-state index contributed by atoms with van der Waals surface area (Å²) in [7, 11) is 0. The first-order valence-electron chi connectivity index (χ1n) is 9.43. The van der Waals surface area contributed by atoms with Gasteiger partial charge in [0.15, 0.2) is 11.5 Å². The van der Waals surface area contributed by atoms with E-state index in [1.54, 1.807) is 0 Å². The lowest BCUT2D eigenvalue weighted by Crippen LogP contribution is -2.39. The average Bonchev–Trinajstić information content (AvgIpc) is 3.37. The number of nitrogens with zero attached hydrogens (tertiary/aromatic N) is 6. The minimum atomic E-state index is 0.0633. The van der Waals surface area contributed by atoms with Crippen molar-refractivity contribution in [2.24, 2.45) is 0 Å². The Hall–Kier alpha value is -2.55. The fourth-order valence-electron chi connectivity index (χ4n) is 3.37. The van der Waals surface area contributed by atoms with Crippen molar-refractivity contribution in [2.45, 2.75) is 38.6 Å². The molecule has 1 amide bonds. The molecular formula is C19H21BrN6O2. The zero-order valence-corrected chi connectivity index (χ0v) is 17.2. The molecule has 3 aromatic rings. The van der Waals surface area contributed by atoms with Crippen molar-refractivity contribution in [3.05, 3.63) is 46.3 Å². The molecule has 3 heterocycles. The first-order valence-corrected chi connectivity index (χ1v) is 10.2. The molecule has 0 saturated carbocycles. The Morgan fingerprint density at radius 1 is 1.32 bits per heavy atom. The Balaban J connectivity index is 1.39. The summed E-state index contributed by atoms with van der Waals surface area (Å²) in [6, 6.07) is 7.70. The third-order valence-corrected chi connectivity index (χ3v) is 5.36. The van der Waals surface area contributed by atoms with Gasteiger partial charge in [0, 0.05) is 29.5 Å². The van der Waals surface area contributed by atoms with Crippen LogP contribution in [0.3, 0.4) is 0 Å². The summed E-state index contributed by atoms with van der Waals surface area (Å²) < 4.78 is 8.03. The number of hydrogen-bond donors (Lipinski definition) is 0. The number of amides is 1. The van der Waals surface area contributed by atoms with Crippen molar-refractivity contribution in [1.82, 2.24) is 30.0 Å². The van der Waals surface area contributed by atoms with Crippen LogP contribution in [0.1, 0.15) is 48.4 Å². The molecule has 0 bridgehead atoms. The molecule has 0 N–H and O–H groups in total. The van der Waals surface area contributed by atoms with E-state index in [2.05, 4.69) is 43.3 Å². The Morgan fingerprint density at radius 3 is 2.89 bits per heavy atom. The molecule has 0 aliphatic carbocycles. The molecule has 1 saturated heterocycles. The highest BCUT2D eigenvalue weighted by atomic mass is 79.9. The lowest BCUT2D eigenvalue weighted by molar-refractivity contribution is 0.0689. The number of likely N-dealkylation sites (tertiary alicyclic amines) is 1. The van der Waals surface area contributed by atoms with E-state index in [1.807, 2.05) is 40.0 Å². The minimum Gasteiger partial charge on any atom is -0.338 e. The SMILES string of the molecule is CCCc1noc(-c2cn(C3CCN(C(=O)c4cccc(Br)c4)CC3)nn2)n1. The Bertz CT molecular complexity index is 961. The second kappa shape index (κ2) is 8.22. The molecule has 1 aliphatic heterocycles. The van der Waals surface area contributed by atoms with Crippen LogP contribution < -0.4 is 0 Å². The minimum absolute atomic E-state index is 0.0633. The molecule has 28 heavy (non-hydrogen) atoms. The van der Waals surface area contributed by atoms with Crippen LogP contribution in [0.4, 0.5) is 0 Å². The van der Waals surface area contributed by atoms with Crippen LogP contribution in [0.25, 0.3) is 11.6 Å². The van der Waals surface area contributed by atoms with Gasteiger partial charge in [0.1, 0.15) is 0 Å². The summed E-state index contributed by atoms with van der Waals surface area (Å²) in [5.74, 6) is 1.15. The van der Waals surface area contributed by atoms with Crippen LogP contribution in [0.5, 0.6) is 0 Å². The van der Waals surface area contributed by atoms with Gasteiger partial charge in [0.2, 0.25) is 0 Å². The zero-order chi connectivity index (χ0) is 19.5. The molecule has 1 fully saturated rings. The third-order valence-electron chi connectivity index (χ3n) is 4.87. The number of carbonyl (C=O) groups is 1. The molecule has 0 radical (unpaired) electrons. The van der Waals surface area contributed by atoms with Gasteiger partial charge < -0.3 is 9.42 Å². The van der Waals surface area contributed by atoms with Gasteiger partial charge in [-0.3, -0.25) is 4.79 Å². The van der Waals surface area contributed by atoms with Gasteiger partial charge in [-0.25, -0.2) is 4.68 Å². The van der Waals surface area contributed by atoms with Crippen LogP contribution in [0.2, 0.25) is 0 Å². The molecule has 146 valence electrons. The van der Waals surface area contributed by atoms with Gasteiger partial charge >= 0.3 is 0 Å². The fraction of sp³-hybridized carbons (Fsp3) is 0.421. The van der Waals surface area contributed by atoms with Crippen LogP contribution in [-0.4, -0.2) is 49.0 Å². The van der Waals surface area contributed by atoms with Crippen LogP contribution in [0.15, 0.2) is 39.5 Å². The molecular weight excluding hydrogens is 424 g/mol. The average molecular weight is 445 g/mol. The molecule has 0 atom stereocenters. The normalized spacial score (nSPS) is 15.1. The molecule has 2 aromatic heterocycles. The van der Waals surface area contributed by atoms with Gasteiger partial charge in [-0.05, 0) is 37.5 Å². The topological polar surface area (TPSA) is 89.9 Å². The van der Waals surface area contributed by atoms with Crippen LogP contribution in [-0.2, 0) is 6.42 Å². The highest BCUT2D eigenvalue weighted by molar-refractivity contribution is 9.10. The molecule has 1 aliphatic rings. The van der Waals surface area contributed by atoms with E-state index in [0.29, 0.717) is 36.1 Å². The molecule has 1 aromatic carbocycles. The summed E-state index contributed by atoms with van der Waals surface area (Å²) in [5.41, 5.74) is 1.29. The number of benzene rings is 1. The van der Waals surface area contributed by atoms with E-state index in [9.17, 15) is 4.79 Å². The number of aryl methyl sites for hydroxylation is 1. The highest BCUT2D eigenvalue weighted by Crippen LogP contribution is 2.25. The van der Waals surface area contributed by atoms with Crippen molar-refractivity contribution in [3.8, 4) is 11.6 Å². The largest absolute Gasteiger partial charge is 0.338 e. The van der Waals surface area contributed by atoms with Gasteiger partial charge in [0.25, 0.3) is 11.8 Å². The predicted octanol–water partition coefficient (Wildman–Crippen LogP) is 3.52. The van der Waals surface area contributed by atoms with Gasteiger partial charge in [-0.15, -0.1) is 5.10 Å². The smallest absolute Gasteiger partial charge is 0.280 e. The second-order valence-electron chi connectivity index (χ2n) is 6.88. The fourth-order valence-corrected chi connectivity index (χ4v) is 3.77. The maximum Gasteiger partial charge on any atom is 0.280 e. The number of aromatic nitrogens is 5.